The van der Waals surface area contributed by atoms with E-state index in [9.17, 15) is 9.59 Å². The molecule has 31 heavy (non-hydrogen) atoms. The maximum atomic E-state index is 12.8. The Labute approximate surface area is 181 Å². The summed E-state index contributed by atoms with van der Waals surface area (Å²) in [5.74, 6) is 0.345. The van der Waals surface area contributed by atoms with Crippen molar-refractivity contribution >= 4 is 34.5 Å². The third-order valence-electron chi connectivity index (χ3n) is 4.97. The van der Waals surface area contributed by atoms with Crippen molar-refractivity contribution in [1.29, 1.82) is 0 Å². The Bertz CT molecular complexity index is 1140. The van der Waals surface area contributed by atoms with E-state index >= 15 is 0 Å². The highest BCUT2D eigenvalue weighted by atomic mass is 16.5. The van der Waals surface area contributed by atoms with Gasteiger partial charge in [-0.2, -0.15) is 0 Å². The normalized spacial score (nSPS) is 13.8. The van der Waals surface area contributed by atoms with Crippen LogP contribution in [0.2, 0.25) is 0 Å². The third kappa shape index (κ3) is 4.43. The Morgan fingerprint density at radius 3 is 2.32 bits per heavy atom. The highest BCUT2D eigenvalue weighted by Gasteiger charge is 2.28. The van der Waals surface area contributed by atoms with Gasteiger partial charge in [-0.15, -0.1) is 0 Å². The molecule has 0 fully saturated rings. The van der Waals surface area contributed by atoms with E-state index in [0.717, 1.165) is 28.2 Å². The molecule has 0 unspecified atom stereocenters. The molecule has 1 aliphatic rings. The van der Waals surface area contributed by atoms with Gasteiger partial charge in [0.15, 0.2) is 6.61 Å². The molecule has 1 heterocycles. The number of benzene rings is 3. The zero-order valence-electron chi connectivity index (χ0n) is 17.4. The number of para-hydroxylation sites is 1. The monoisotopic (exact) mass is 413 g/mol. The van der Waals surface area contributed by atoms with Gasteiger partial charge in [-0.3, -0.25) is 9.59 Å². The molecule has 0 spiro atoms. The van der Waals surface area contributed by atoms with Gasteiger partial charge in [-0.1, -0.05) is 48.5 Å². The van der Waals surface area contributed by atoms with Crippen molar-refractivity contribution in [2.24, 2.45) is 0 Å². The van der Waals surface area contributed by atoms with E-state index in [2.05, 4.69) is 10.6 Å². The summed E-state index contributed by atoms with van der Waals surface area (Å²) in [5, 5.41) is 6.34. The number of amides is 2. The fourth-order valence-corrected chi connectivity index (χ4v) is 3.30. The Hall–Kier alpha value is -4.06. The lowest BCUT2D eigenvalue weighted by molar-refractivity contribution is -0.130. The van der Waals surface area contributed by atoms with Crippen molar-refractivity contribution < 1.29 is 14.3 Å². The average molecular weight is 413 g/mol. The van der Waals surface area contributed by atoms with E-state index < -0.39 is 0 Å². The van der Waals surface area contributed by atoms with Gasteiger partial charge in [-0.25, -0.2) is 0 Å². The minimum Gasteiger partial charge on any atom is -0.484 e. The summed E-state index contributed by atoms with van der Waals surface area (Å²) < 4.78 is 5.54. The van der Waals surface area contributed by atoms with E-state index in [1.807, 2.05) is 66.7 Å². The molecule has 4 rings (SSSR count). The van der Waals surface area contributed by atoms with Gasteiger partial charge >= 0.3 is 0 Å². The summed E-state index contributed by atoms with van der Waals surface area (Å²) in [5.41, 5.74) is 4.68. The number of fused-ring (bicyclic) bond motifs is 1. The minimum absolute atomic E-state index is 0.0178. The molecule has 0 atom stereocenters. The van der Waals surface area contributed by atoms with Crippen LogP contribution in [0.15, 0.2) is 78.9 Å². The summed E-state index contributed by atoms with van der Waals surface area (Å²) in [4.78, 5) is 26.0. The molecule has 156 valence electrons. The van der Waals surface area contributed by atoms with Crippen LogP contribution < -0.4 is 15.4 Å². The van der Waals surface area contributed by atoms with Gasteiger partial charge in [0.2, 0.25) is 0 Å². The van der Waals surface area contributed by atoms with Gasteiger partial charge in [0.25, 0.3) is 11.8 Å². The number of nitrogens with zero attached hydrogens (tertiary/aromatic N) is 1. The van der Waals surface area contributed by atoms with Gasteiger partial charge < -0.3 is 20.3 Å². The largest absolute Gasteiger partial charge is 0.484 e. The number of ether oxygens (including phenoxy) is 1. The molecular weight excluding hydrogens is 390 g/mol. The lowest BCUT2D eigenvalue weighted by atomic mass is 10.00. The number of anilines is 2. The van der Waals surface area contributed by atoms with E-state index in [-0.39, 0.29) is 18.4 Å². The van der Waals surface area contributed by atoms with Crippen LogP contribution in [0.3, 0.4) is 0 Å². The van der Waals surface area contributed by atoms with Crippen LogP contribution in [0.25, 0.3) is 11.3 Å². The topological polar surface area (TPSA) is 70.7 Å². The summed E-state index contributed by atoms with van der Waals surface area (Å²) in [6, 6.07) is 24.7. The van der Waals surface area contributed by atoms with E-state index in [1.54, 1.807) is 26.2 Å². The SMILES string of the molecule is CN(C)C(=O)COc1ccc(NC(=C2C(=O)Nc3ccccc32)c2ccccc2)cc1. The van der Waals surface area contributed by atoms with Crippen molar-refractivity contribution in [3.05, 3.63) is 90.0 Å². The lowest BCUT2D eigenvalue weighted by Gasteiger charge is -2.15. The molecule has 0 bridgehead atoms. The number of likely N-dealkylation sites (N-methyl/N-ethyl adjacent to an activating group) is 1. The summed E-state index contributed by atoms with van der Waals surface area (Å²) in [7, 11) is 3.38. The van der Waals surface area contributed by atoms with Crippen molar-refractivity contribution in [2.75, 3.05) is 31.3 Å². The van der Waals surface area contributed by atoms with Crippen LogP contribution in [0.1, 0.15) is 11.1 Å². The van der Waals surface area contributed by atoms with Crippen LogP contribution in [0.4, 0.5) is 11.4 Å². The number of rotatable bonds is 6. The van der Waals surface area contributed by atoms with Crippen LogP contribution in [0.5, 0.6) is 5.75 Å². The lowest BCUT2D eigenvalue weighted by Crippen LogP contribution is -2.27. The first-order valence-corrected chi connectivity index (χ1v) is 9.93. The summed E-state index contributed by atoms with van der Waals surface area (Å²) in [6.45, 7) is -0.0178. The number of carbonyl (C=O) groups excluding carboxylic acids is 2. The molecule has 0 saturated heterocycles. The molecule has 3 aromatic carbocycles. The number of hydrogen-bond acceptors (Lipinski definition) is 4. The molecular formula is C25H23N3O3. The van der Waals surface area contributed by atoms with Crippen LogP contribution in [-0.4, -0.2) is 37.4 Å². The van der Waals surface area contributed by atoms with E-state index in [0.29, 0.717) is 11.3 Å². The quantitative estimate of drug-likeness (QED) is 0.598. The van der Waals surface area contributed by atoms with Crippen LogP contribution in [-0.2, 0) is 9.59 Å². The summed E-state index contributed by atoms with van der Waals surface area (Å²) >= 11 is 0. The molecule has 0 aliphatic carbocycles. The van der Waals surface area contributed by atoms with Gasteiger partial charge in [0.1, 0.15) is 5.75 Å². The molecule has 3 aromatic rings. The molecule has 6 heteroatoms. The second-order valence-electron chi connectivity index (χ2n) is 7.34. The second kappa shape index (κ2) is 8.75. The Balaban J connectivity index is 1.65. The molecule has 0 radical (unpaired) electrons. The van der Waals surface area contributed by atoms with Crippen LogP contribution in [0, 0.1) is 0 Å². The zero-order valence-corrected chi connectivity index (χ0v) is 17.4. The van der Waals surface area contributed by atoms with Crippen molar-refractivity contribution in [2.45, 2.75) is 0 Å². The standard InChI is InChI=1S/C25H23N3O3/c1-28(2)22(29)16-31-19-14-12-18(13-15-19)26-24(17-8-4-3-5-9-17)23-20-10-6-7-11-21(20)27-25(23)30/h3-15,26H,16H2,1-2H3,(H,27,30). The fraction of sp³-hybridized carbons (Fsp3) is 0.120. The minimum atomic E-state index is -0.144. The smallest absolute Gasteiger partial charge is 0.259 e. The number of hydrogen-bond donors (Lipinski definition) is 2. The van der Waals surface area contributed by atoms with E-state index in [1.165, 1.54) is 4.90 Å². The first-order chi connectivity index (χ1) is 15.0. The molecule has 2 N–H and O–H groups in total. The average Bonchev–Trinajstić information content (AvgIpc) is 3.12. The van der Waals surface area contributed by atoms with Gasteiger partial charge in [0.05, 0.1) is 11.3 Å². The van der Waals surface area contributed by atoms with Gasteiger partial charge in [0, 0.05) is 31.0 Å². The Morgan fingerprint density at radius 1 is 0.935 bits per heavy atom. The highest BCUT2D eigenvalue weighted by Crippen LogP contribution is 2.37. The fourth-order valence-electron chi connectivity index (χ4n) is 3.30. The Kier molecular flexibility index (Phi) is 5.71. The molecule has 0 saturated carbocycles. The Morgan fingerprint density at radius 2 is 1.61 bits per heavy atom. The molecule has 0 aromatic heterocycles. The molecule has 2 amide bonds. The first-order valence-electron chi connectivity index (χ1n) is 9.93. The van der Waals surface area contributed by atoms with Crippen LogP contribution >= 0.6 is 0 Å². The van der Waals surface area contributed by atoms with E-state index in [4.69, 9.17) is 4.74 Å². The zero-order chi connectivity index (χ0) is 21.8. The number of nitrogens with one attached hydrogen (secondary N) is 2. The molecule has 1 aliphatic heterocycles. The van der Waals surface area contributed by atoms with Crippen molar-refractivity contribution in [3.8, 4) is 5.75 Å². The first kappa shape index (κ1) is 20.2. The maximum Gasteiger partial charge on any atom is 0.259 e. The van der Waals surface area contributed by atoms with Crippen molar-refractivity contribution in [1.82, 2.24) is 4.90 Å². The predicted molar refractivity (Wildman–Crippen MR) is 123 cm³/mol. The summed E-state index contributed by atoms with van der Waals surface area (Å²) in [6.07, 6.45) is 0. The predicted octanol–water partition coefficient (Wildman–Crippen LogP) is 4.09. The van der Waals surface area contributed by atoms with Gasteiger partial charge in [-0.05, 0) is 35.9 Å². The molecule has 6 nitrogen and oxygen atoms in total. The number of carbonyl (C=O) groups is 2. The third-order valence-corrected chi connectivity index (χ3v) is 4.97. The second-order valence-corrected chi connectivity index (χ2v) is 7.34. The highest BCUT2D eigenvalue weighted by molar-refractivity contribution is 6.37. The maximum absolute atomic E-state index is 12.8. The van der Waals surface area contributed by atoms with Crippen molar-refractivity contribution in [3.63, 3.8) is 0 Å².